The molecule has 0 spiro atoms. The number of nitrogens with zero attached hydrogens (tertiary/aromatic N) is 3. The van der Waals surface area contributed by atoms with E-state index in [4.69, 9.17) is 39.8 Å². The van der Waals surface area contributed by atoms with E-state index < -0.39 is 0 Å². The van der Waals surface area contributed by atoms with Gasteiger partial charge in [0.25, 0.3) is 0 Å². The highest BCUT2D eigenvalue weighted by molar-refractivity contribution is 7.80. The quantitative estimate of drug-likeness (QED) is 0.241. The lowest BCUT2D eigenvalue weighted by Gasteiger charge is -2.33. The highest BCUT2D eigenvalue weighted by Crippen LogP contribution is 2.44. The normalized spacial score (nSPS) is 19.9. The summed E-state index contributed by atoms with van der Waals surface area (Å²) in [5, 5.41) is 5.49. The Morgan fingerprint density at radius 3 is 2.56 bits per heavy atom. The zero-order valence-electron chi connectivity index (χ0n) is 21.9. The Balaban J connectivity index is 1.39. The largest absolute Gasteiger partial charge is 0.459 e. The van der Waals surface area contributed by atoms with Gasteiger partial charge in [0.2, 0.25) is 0 Å². The zero-order valence-corrected chi connectivity index (χ0v) is 24.2. The number of anilines is 2. The Kier molecular flexibility index (Phi) is 7.27. The van der Waals surface area contributed by atoms with Crippen molar-refractivity contribution in [2.45, 2.75) is 38.8 Å². The summed E-state index contributed by atoms with van der Waals surface area (Å²) in [6.07, 6.45) is 4.16. The second-order valence-electron chi connectivity index (χ2n) is 10.5. The van der Waals surface area contributed by atoms with E-state index in [9.17, 15) is 0 Å². The molecule has 6 rings (SSSR count). The lowest BCUT2D eigenvalue weighted by molar-refractivity contribution is 0.438. The van der Waals surface area contributed by atoms with Gasteiger partial charge in [0.05, 0.1) is 22.4 Å². The van der Waals surface area contributed by atoms with Gasteiger partial charge in [-0.15, -0.1) is 0 Å². The number of furan rings is 1. The van der Waals surface area contributed by atoms with Gasteiger partial charge in [-0.1, -0.05) is 42.3 Å². The molecule has 0 saturated carbocycles. The van der Waals surface area contributed by atoms with Crippen molar-refractivity contribution in [1.82, 2.24) is 10.3 Å². The van der Waals surface area contributed by atoms with Gasteiger partial charge in [-0.25, -0.2) is 0 Å². The van der Waals surface area contributed by atoms with Crippen molar-refractivity contribution in [1.29, 1.82) is 0 Å². The Morgan fingerprint density at radius 2 is 1.82 bits per heavy atom. The van der Waals surface area contributed by atoms with Crippen LogP contribution in [0.25, 0.3) is 11.3 Å². The number of halogens is 2. The number of aromatic nitrogens is 1. The van der Waals surface area contributed by atoms with Crippen LogP contribution in [0.15, 0.2) is 77.3 Å². The average molecular weight is 578 g/mol. The van der Waals surface area contributed by atoms with Crippen molar-refractivity contribution in [2.24, 2.45) is 5.92 Å². The first kappa shape index (κ1) is 26.2. The van der Waals surface area contributed by atoms with Crippen LogP contribution in [-0.4, -0.2) is 23.2 Å². The average Bonchev–Trinajstić information content (AvgIpc) is 3.56. The van der Waals surface area contributed by atoms with Crippen LogP contribution in [0, 0.1) is 12.8 Å². The van der Waals surface area contributed by atoms with E-state index in [1.54, 1.807) is 6.20 Å². The number of pyridine rings is 1. The molecule has 4 aromatic rings. The smallest absolute Gasteiger partial charge is 0.174 e. The van der Waals surface area contributed by atoms with E-state index in [0.29, 0.717) is 10.1 Å². The molecule has 0 bridgehead atoms. The first-order valence-corrected chi connectivity index (χ1v) is 14.5. The molecule has 39 heavy (non-hydrogen) atoms. The van der Waals surface area contributed by atoms with Crippen LogP contribution in [-0.2, 0) is 0 Å². The number of aryl methyl sites for hydroxylation is 1. The van der Waals surface area contributed by atoms with Gasteiger partial charge in [0.15, 0.2) is 5.11 Å². The molecule has 0 aliphatic carbocycles. The molecule has 4 heterocycles. The third kappa shape index (κ3) is 5.13. The summed E-state index contributed by atoms with van der Waals surface area (Å²) < 4.78 is 6.53. The van der Waals surface area contributed by atoms with E-state index in [0.717, 1.165) is 63.7 Å². The third-order valence-corrected chi connectivity index (χ3v) is 8.67. The summed E-state index contributed by atoms with van der Waals surface area (Å²) in [6, 6.07) is 21.5. The standard InChI is InChI=1S/C31H30Cl2N4OS/c1-19-12-15-36(16-13-19)26-9-8-22(18-24(26)33)37-30(29(35-31(37)39)25-5-3-4-14-34-25)28-11-10-27(38-28)23-17-21(32)7-6-20(23)2/h3-11,14,17-19,29-30H,12-13,15-16H2,1-2H3,(H,35,39)/t29-,30-/m1/s1. The van der Waals surface area contributed by atoms with Crippen molar-refractivity contribution in [3.63, 3.8) is 0 Å². The molecule has 0 unspecified atom stereocenters. The Hall–Kier alpha value is -3.06. The number of hydrogen-bond donors (Lipinski definition) is 1. The number of thiocarbonyl (C=S) groups is 1. The van der Waals surface area contributed by atoms with Crippen LogP contribution in [0.3, 0.4) is 0 Å². The molecule has 2 aliphatic heterocycles. The number of piperidine rings is 1. The number of benzene rings is 2. The van der Waals surface area contributed by atoms with Crippen molar-refractivity contribution in [2.75, 3.05) is 22.9 Å². The van der Waals surface area contributed by atoms with Crippen LogP contribution in [0.2, 0.25) is 10.0 Å². The van der Waals surface area contributed by atoms with E-state index in [-0.39, 0.29) is 12.1 Å². The monoisotopic (exact) mass is 576 g/mol. The molecule has 2 atom stereocenters. The van der Waals surface area contributed by atoms with Crippen LogP contribution in [0.5, 0.6) is 0 Å². The van der Waals surface area contributed by atoms with Gasteiger partial charge in [-0.3, -0.25) is 4.98 Å². The minimum Gasteiger partial charge on any atom is -0.459 e. The van der Waals surface area contributed by atoms with Gasteiger partial charge in [0.1, 0.15) is 17.6 Å². The van der Waals surface area contributed by atoms with E-state index in [1.165, 1.54) is 12.8 Å². The molecular formula is C31H30Cl2N4OS. The molecule has 2 saturated heterocycles. The summed E-state index contributed by atoms with van der Waals surface area (Å²) in [5.74, 6) is 2.29. The fourth-order valence-corrected chi connectivity index (χ4v) is 6.40. The zero-order chi connectivity index (χ0) is 27.1. The minimum absolute atomic E-state index is 0.208. The van der Waals surface area contributed by atoms with Gasteiger partial charge in [0, 0.05) is 35.6 Å². The lowest BCUT2D eigenvalue weighted by Crippen LogP contribution is -2.33. The molecular weight excluding hydrogens is 547 g/mol. The summed E-state index contributed by atoms with van der Waals surface area (Å²) in [7, 11) is 0. The highest BCUT2D eigenvalue weighted by Gasteiger charge is 2.43. The summed E-state index contributed by atoms with van der Waals surface area (Å²) in [4.78, 5) is 9.12. The molecule has 0 amide bonds. The summed E-state index contributed by atoms with van der Waals surface area (Å²) in [5.41, 5.74) is 4.92. The summed E-state index contributed by atoms with van der Waals surface area (Å²) >= 11 is 19.1. The molecule has 2 fully saturated rings. The fraction of sp³-hybridized carbons (Fsp3) is 0.290. The van der Waals surface area contributed by atoms with E-state index in [1.807, 2.05) is 54.6 Å². The Labute approximate surface area is 244 Å². The molecule has 5 nitrogen and oxygen atoms in total. The van der Waals surface area contributed by atoms with Crippen molar-refractivity contribution in [3.8, 4) is 11.3 Å². The molecule has 2 aromatic heterocycles. The predicted molar refractivity (Wildman–Crippen MR) is 164 cm³/mol. The SMILES string of the molecule is Cc1ccc(Cl)cc1-c1ccc([C@@H]2[C@@H](c3ccccn3)NC(=S)N2c2ccc(N3CCC(C)CC3)c(Cl)c2)o1. The fourth-order valence-electron chi connectivity index (χ4n) is 5.59. The number of rotatable bonds is 5. The van der Waals surface area contributed by atoms with E-state index in [2.05, 4.69) is 46.1 Å². The molecule has 200 valence electrons. The second-order valence-corrected chi connectivity index (χ2v) is 11.7. The van der Waals surface area contributed by atoms with Crippen molar-refractivity contribution in [3.05, 3.63) is 100.0 Å². The van der Waals surface area contributed by atoms with Crippen molar-refractivity contribution < 1.29 is 4.42 Å². The topological polar surface area (TPSA) is 44.5 Å². The molecule has 1 N–H and O–H groups in total. The third-order valence-electron chi connectivity index (χ3n) is 7.82. The van der Waals surface area contributed by atoms with Crippen LogP contribution in [0.4, 0.5) is 11.4 Å². The van der Waals surface area contributed by atoms with E-state index >= 15 is 0 Å². The van der Waals surface area contributed by atoms with Crippen LogP contribution in [0.1, 0.15) is 48.9 Å². The summed E-state index contributed by atoms with van der Waals surface area (Å²) in [6.45, 7) is 6.41. The highest BCUT2D eigenvalue weighted by atomic mass is 35.5. The molecule has 8 heteroatoms. The van der Waals surface area contributed by atoms with Crippen LogP contribution < -0.4 is 15.1 Å². The minimum atomic E-state index is -0.265. The van der Waals surface area contributed by atoms with Gasteiger partial charge in [-0.2, -0.15) is 0 Å². The maximum absolute atomic E-state index is 6.91. The van der Waals surface area contributed by atoms with Gasteiger partial charge < -0.3 is 19.5 Å². The molecule has 0 radical (unpaired) electrons. The Morgan fingerprint density at radius 1 is 1.00 bits per heavy atom. The lowest BCUT2D eigenvalue weighted by atomic mass is 9.98. The Bertz CT molecular complexity index is 1500. The van der Waals surface area contributed by atoms with Gasteiger partial charge in [-0.05, 0) is 98.1 Å². The second kappa shape index (κ2) is 10.8. The first-order chi connectivity index (χ1) is 18.9. The first-order valence-electron chi connectivity index (χ1n) is 13.3. The van der Waals surface area contributed by atoms with Crippen LogP contribution >= 0.6 is 35.4 Å². The molecule has 2 aromatic carbocycles. The predicted octanol–water partition coefficient (Wildman–Crippen LogP) is 8.37. The number of nitrogens with one attached hydrogen (secondary N) is 1. The molecule has 2 aliphatic rings. The number of hydrogen-bond acceptors (Lipinski definition) is 4. The maximum Gasteiger partial charge on any atom is 0.174 e. The van der Waals surface area contributed by atoms with Gasteiger partial charge >= 0.3 is 0 Å². The maximum atomic E-state index is 6.91. The van der Waals surface area contributed by atoms with Crippen molar-refractivity contribution >= 4 is 51.9 Å².